The third-order valence-electron chi connectivity index (χ3n) is 2.95. The molecule has 1 aliphatic heterocycles. The maximum Gasteiger partial charge on any atom is 0.337 e. The molecule has 0 bridgehead atoms. The molecule has 0 aromatic heterocycles. The maximum atomic E-state index is 11.5. The molecule has 0 saturated carbocycles. The molecule has 1 saturated heterocycles. The average Bonchev–Trinajstić information content (AvgIpc) is 2.45. The normalized spacial score (nSPS) is 19.2. The quantitative estimate of drug-likeness (QED) is 0.797. The van der Waals surface area contributed by atoms with Crippen LogP contribution in [0.25, 0.3) is 0 Å². The topological polar surface area (TPSA) is 44.8 Å². The van der Waals surface area contributed by atoms with Gasteiger partial charge in [0.15, 0.2) is 6.29 Å². The van der Waals surface area contributed by atoms with E-state index < -0.39 is 5.97 Å². The van der Waals surface area contributed by atoms with Gasteiger partial charge in [-0.1, -0.05) is 11.6 Å². The molecule has 4 nitrogen and oxygen atoms in total. The van der Waals surface area contributed by atoms with Crippen molar-refractivity contribution in [3.8, 4) is 0 Å². The van der Waals surface area contributed by atoms with Gasteiger partial charge in [0, 0.05) is 11.6 Å². The third-order valence-corrected chi connectivity index (χ3v) is 3.17. The van der Waals surface area contributed by atoms with Crippen molar-refractivity contribution in [2.24, 2.45) is 0 Å². The van der Waals surface area contributed by atoms with Gasteiger partial charge in [-0.25, -0.2) is 4.79 Å². The molecule has 0 amide bonds. The van der Waals surface area contributed by atoms with Gasteiger partial charge in [0.25, 0.3) is 0 Å². The van der Waals surface area contributed by atoms with Crippen molar-refractivity contribution in [3.63, 3.8) is 0 Å². The van der Waals surface area contributed by atoms with E-state index in [0.29, 0.717) is 17.2 Å². The minimum atomic E-state index is -0.405. The van der Waals surface area contributed by atoms with Gasteiger partial charge in [-0.05, 0) is 43.0 Å². The van der Waals surface area contributed by atoms with E-state index in [4.69, 9.17) is 21.1 Å². The molecular formula is C14H17ClO4. The number of rotatable bonds is 4. The SMILES string of the molecule is COC(=O)c1cc(Cl)cc(COC2CCCCO2)c1. The Balaban J connectivity index is 1.99. The van der Waals surface area contributed by atoms with Crippen LogP contribution in [0.4, 0.5) is 0 Å². The lowest BCUT2D eigenvalue weighted by Crippen LogP contribution is -2.22. The van der Waals surface area contributed by atoms with E-state index >= 15 is 0 Å². The highest BCUT2D eigenvalue weighted by atomic mass is 35.5. The molecule has 19 heavy (non-hydrogen) atoms. The van der Waals surface area contributed by atoms with E-state index in [9.17, 15) is 4.79 Å². The number of carbonyl (C=O) groups is 1. The van der Waals surface area contributed by atoms with Gasteiger partial charge in [-0.3, -0.25) is 0 Å². The van der Waals surface area contributed by atoms with Crippen molar-refractivity contribution in [2.75, 3.05) is 13.7 Å². The number of hydrogen-bond acceptors (Lipinski definition) is 4. The molecule has 2 rings (SSSR count). The third kappa shape index (κ3) is 4.20. The molecule has 0 aliphatic carbocycles. The van der Waals surface area contributed by atoms with Crippen molar-refractivity contribution in [1.82, 2.24) is 0 Å². The summed E-state index contributed by atoms with van der Waals surface area (Å²) in [6, 6.07) is 5.07. The van der Waals surface area contributed by atoms with Gasteiger partial charge < -0.3 is 14.2 Å². The van der Waals surface area contributed by atoms with Crippen LogP contribution in [0.5, 0.6) is 0 Å². The summed E-state index contributed by atoms with van der Waals surface area (Å²) in [6.07, 6.45) is 2.95. The molecule has 1 aromatic rings. The summed E-state index contributed by atoms with van der Waals surface area (Å²) in [7, 11) is 1.34. The summed E-state index contributed by atoms with van der Waals surface area (Å²) in [4.78, 5) is 11.5. The minimum Gasteiger partial charge on any atom is -0.465 e. The lowest BCUT2D eigenvalue weighted by Gasteiger charge is -2.22. The van der Waals surface area contributed by atoms with Crippen molar-refractivity contribution in [2.45, 2.75) is 32.2 Å². The fraction of sp³-hybridized carbons (Fsp3) is 0.500. The number of benzene rings is 1. The molecule has 1 atom stereocenters. The van der Waals surface area contributed by atoms with Crippen LogP contribution in [0.2, 0.25) is 5.02 Å². The summed E-state index contributed by atoms with van der Waals surface area (Å²) >= 11 is 5.98. The van der Waals surface area contributed by atoms with Gasteiger partial charge in [0.05, 0.1) is 19.3 Å². The lowest BCUT2D eigenvalue weighted by molar-refractivity contribution is -0.168. The first-order valence-electron chi connectivity index (χ1n) is 6.30. The van der Waals surface area contributed by atoms with Crippen LogP contribution in [0.3, 0.4) is 0 Å². The monoisotopic (exact) mass is 284 g/mol. The van der Waals surface area contributed by atoms with Crippen LogP contribution in [0.15, 0.2) is 18.2 Å². The summed E-state index contributed by atoms with van der Waals surface area (Å²) < 4.78 is 15.8. The first kappa shape index (κ1) is 14.3. The molecule has 1 aromatic carbocycles. The van der Waals surface area contributed by atoms with E-state index in [1.54, 1.807) is 18.2 Å². The largest absolute Gasteiger partial charge is 0.465 e. The first-order valence-corrected chi connectivity index (χ1v) is 6.68. The van der Waals surface area contributed by atoms with Crippen LogP contribution in [-0.4, -0.2) is 26.0 Å². The Labute approximate surface area is 117 Å². The number of esters is 1. The number of halogens is 1. The maximum absolute atomic E-state index is 11.5. The van der Waals surface area contributed by atoms with Crippen molar-refractivity contribution in [1.29, 1.82) is 0 Å². The van der Waals surface area contributed by atoms with E-state index in [-0.39, 0.29) is 6.29 Å². The summed E-state index contributed by atoms with van der Waals surface area (Å²) in [5.41, 5.74) is 1.26. The summed E-state index contributed by atoms with van der Waals surface area (Å²) in [6.45, 7) is 1.11. The van der Waals surface area contributed by atoms with Crippen LogP contribution < -0.4 is 0 Å². The Morgan fingerprint density at radius 1 is 1.42 bits per heavy atom. The predicted octanol–water partition coefficient (Wildman–Crippen LogP) is 3.17. The van der Waals surface area contributed by atoms with Crippen LogP contribution in [-0.2, 0) is 20.8 Å². The van der Waals surface area contributed by atoms with Gasteiger partial charge in [-0.2, -0.15) is 0 Å². The zero-order valence-electron chi connectivity index (χ0n) is 10.9. The molecule has 0 N–H and O–H groups in total. The number of carbonyl (C=O) groups excluding carboxylic acids is 1. The highest BCUT2D eigenvalue weighted by Crippen LogP contribution is 2.19. The Hall–Kier alpha value is -1.10. The molecule has 5 heteroatoms. The smallest absolute Gasteiger partial charge is 0.337 e. The molecule has 104 valence electrons. The van der Waals surface area contributed by atoms with E-state index in [2.05, 4.69) is 4.74 Å². The summed E-state index contributed by atoms with van der Waals surface area (Å²) in [5, 5.41) is 0.492. The van der Waals surface area contributed by atoms with Gasteiger partial charge >= 0.3 is 5.97 Å². The molecule has 1 heterocycles. The molecular weight excluding hydrogens is 268 g/mol. The minimum absolute atomic E-state index is 0.158. The molecule has 0 radical (unpaired) electrons. The second kappa shape index (κ2) is 6.89. The van der Waals surface area contributed by atoms with Crippen molar-refractivity contribution >= 4 is 17.6 Å². The Bertz CT molecular complexity index is 441. The summed E-state index contributed by atoms with van der Waals surface area (Å²) in [5.74, 6) is -0.405. The van der Waals surface area contributed by atoms with E-state index in [1.807, 2.05) is 0 Å². The van der Waals surface area contributed by atoms with Crippen LogP contribution >= 0.6 is 11.6 Å². The zero-order chi connectivity index (χ0) is 13.7. The van der Waals surface area contributed by atoms with Crippen LogP contribution in [0.1, 0.15) is 35.2 Å². The number of hydrogen-bond donors (Lipinski definition) is 0. The number of methoxy groups -OCH3 is 1. The van der Waals surface area contributed by atoms with Crippen LogP contribution in [0, 0.1) is 0 Å². The standard InChI is InChI=1S/C14H17ClO4/c1-17-14(16)11-6-10(7-12(15)8-11)9-19-13-4-2-3-5-18-13/h6-8,13H,2-5,9H2,1H3. The fourth-order valence-corrected chi connectivity index (χ4v) is 2.26. The van der Waals surface area contributed by atoms with Gasteiger partial charge in [0.1, 0.15) is 0 Å². The highest BCUT2D eigenvalue weighted by molar-refractivity contribution is 6.31. The van der Waals surface area contributed by atoms with E-state index in [1.165, 1.54) is 7.11 Å². The second-order valence-corrected chi connectivity index (χ2v) is 4.88. The lowest BCUT2D eigenvalue weighted by atomic mass is 10.1. The second-order valence-electron chi connectivity index (χ2n) is 4.45. The van der Waals surface area contributed by atoms with Crippen molar-refractivity contribution < 1.29 is 19.0 Å². The molecule has 1 unspecified atom stereocenters. The van der Waals surface area contributed by atoms with Gasteiger partial charge in [0.2, 0.25) is 0 Å². The van der Waals surface area contributed by atoms with Crippen molar-refractivity contribution in [3.05, 3.63) is 34.3 Å². The molecule has 1 aliphatic rings. The van der Waals surface area contributed by atoms with E-state index in [0.717, 1.165) is 31.4 Å². The first-order chi connectivity index (χ1) is 9.19. The zero-order valence-corrected chi connectivity index (χ0v) is 11.6. The molecule has 1 fully saturated rings. The number of ether oxygens (including phenoxy) is 3. The Morgan fingerprint density at radius 3 is 2.95 bits per heavy atom. The highest BCUT2D eigenvalue weighted by Gasteiger charge is 2.15. The van der Waals surface area contributed by atoms with Gasteiger partial charge in [-0.15, -0.1) is 0 Å². The average molecular weight is 285 g/mol. The fourth-order valence-electron chi connectivity index (χ4n) is 2.00. The Morgan fingerprint density at radius 2 is 2.26 bits per heavy atom. The predicted molar refractivity (Wildman–Crippen MR) is 71.2 cm³/mol. The Kier molecular flexibility index (Phi) is 5.19. The molecule has 0 spiro atoms.